The maximum Gasteiger partial charge on any atom is 0.253 e. The van der Waals surface area contributed by atoms with E-state index in [1.807, 2.05) is 0 Å². The van der Waals surface area contributed by atoms with Crippen molar-refractivity contribution in [3.05, 3.63) is 52.9 Å². The summed E-state index contributed by atoms with van der Waals surface area (Å²) in [6, 6.07) is 7.49. The molecule has 0 aliphatic carbocycles. The fourth-order valence-corrected chi connectivity index (χ4v) is 4.07. The molecule has 0 unspecified atom stereocenters. The van der Waals surface area contributed by atoms with Gasteiger partial charge in [0.1, 0.15) is 5.76 Å². The SMILES string of the molecule is O=C(NCc1ccco1)c1ccc(N2C(=O)CCS2(=O)=O)cc1Cl. The molecule has 1 fully saturated rings. The van der Waals surface area contributed by atoms with Gasteiger partial charge in [-0.3, -0.25) is 9.59 Å². The number of rotatable bonds is 4. The highest BCUT2D eigenvalue weighted by molar-refractivity contribution is 7.94. The lowest BCUT2D eigenvalue weighted by atomic mass is 10.2. The Morgan fingerprint density at radius 1 is 1.33 bits per heavy atom. The number of nitrogens with one attached hydrogen (secondary N) is 1. The largest absolute Gasteiger partial charge is 0.467 e. The van der Waals surface area contributed by atoms with E-state index in [1.165, 1.54) is 24.5 Å². The van der Waals surface area contributed by atoms with Gasteiger partial charge in [-0.05, 0) is 30.3 Å². The van der Waals surface area contributed by atoms with Gasteiger partial charge in [-0.25, -0.2) is 12.7 Å². The van der Waals surface area contributed by atoms with E-state index in [2.05, 4.69) is 5.32 Å². The number of carbonyl (C=O) groups is 2. The summed E-state index contributed by atoms with van der Waals surface area (Å²) in [5.74, 6) is -0.584. The average molecular weight is 369 g/mol. The molecule has 0 saturated carbocycles. The maximum absolute atomic E-state index is 12.1. The number of amides is 2. The topological polar surface area (TPSA) is 96.7 Å². The molecule has 126 valence electrons. The number of hydrogen-bond donors (Lipinski definition) is 1. The number of hydrogen-bond acceptors (Lipinski definition) is 5. The minimum atomic E-state index is -3.67. The van der Waals surface area contributed by atoms with E-state index in [0.29, 0.717) is 5.76 Å². The molecule has 1 aliphatic heterocycles. The summed E-state index contributed by atoms with van der Waals surface area (Å²) in [7, 11) is -3.67. The first-order chi connectivity index (χ1) is 11.4. The number of carbonyl (C=O) groups excluding carboxylic acids is 2. The van der Waals surface area contributed by atoms with Crippen molar-refractivity contribution >= 4 is 39.1 Å². The zero-order valence-corrected chi connectivity index (χ0v) is 13.9. The van der Waals surface area contributed by atoms with Crippen LogP contribution in [0.25, 0.3) is 0 Å². The van der Waals surface area contributed by atoms with Crippen LogP contribution in [0.3, 0.4) is 0 Å². The van der Waals surface area contributed by atoms with Crippen LogP contribution in [0.4, 0.5) is 5.69 Å². The van der Waals surface area contributed by atoms with Crippen LogP contribution >= 0.6 is 11.6 Å². The Kier molecular flexibility index (Phi) is 4.33. The third-order valence-electron chi connectivity index (χ3n) is 3.51. The molecule has 2 aromatic rings. The molecule has 2 heterocycles. The van der Waals surface area contributed by atoms with E-state index < -0.39 is 21.8 Å². The van der Waals surface area contributed by atoms with Crippen LogP contribution in [0.15, 0.2) is 41.0 Å². The zero-order chi connectivity index (χ0) is 17.3. The monoisotopic (exact) mass is 368 g/mol. The van der Waals surface area contributed by atoms with E-state index in [0.717, 1.165) is 4.31 Å². The molecule has 2 amide bonds. The highest BCUT2D eigenvalue weighted by atomic mass is 35.5. The van der Waals surface area contributed by atoms with Gasteiger partial charge in [-0.15, -0.1) is 0 Å². The fourth-order valence-electron chi connectivity index (χ4n) is 2.36. The predicted octanol–water partition coefficient (Wildman–Crippen LogP) is 1.93. The summed E-state index contributed by atoms with van der Waals surface area (Å²) in [6.45, 7) is 0.197. The molecule has 0 spiro atoms. The number of furan rings is 1. The molecule has 9 heteroatoms. The molecule has 0 bridgehead atoms. The molecule has 1 aliphatic rings. The van der Waals surface area contributed by atoms with E-state index in [4.69, 9.17) is 16.0 Å². The summed E-state index contributed by atoms with van der Waals surface area (Å²) in [5, 5.41) is 2.70. The second kappa shape index (κ2) is 6.29. The van der Waals surface area contributed by atoms with Gasteiger partial charge in [0.2, 0.25) is 15.9 Å². The lowest BCUT2D eigenvalue weighted by Crippen LogP contribution is -2.29. The first-order valence-corrected chi connectivity index (χ1v) is 9.03. The number of anilines is 1. The third kappa shape index (κ3) is 3.15. The Morgan fingerprint density at radius 3 is 2.71 bits per heavy atom. The lowest BCUT2D eigenvalue weighted by molar-refractivity contribution is -0.116. The molecule has 1 saturated heterocycles. The Hall–Kier alpha value is -2.32. The van der Waals surface area contributed by atoms with Gasteiger partial charge < -0.3 is 9.73 Å². The van der Waals surface area contributed by atoms with Crippen molar-refractivity contribution in [3.63, 3.8) is 0 Å². The van der Waals surface area contributed by atoms with Crippen molar-refractivity contribution in [2.24, 2.45) is 0 Å². The number of nitrogens with zero attached hydrogens (tertiary/aromatic N) is 1. The molecular weight excluding hydrogens is 356 g/mol. The van der Waals surface area contributed by atoms with Crippen molar-refractivity contribution in [2.75, 3.05) is 10.1 Å². The minimum Gasteiger partial charge on any atom is -0.467 e. The summed E-state index contributed by atoms with van der Waals surface area (Å²) in [4.78, 5) is 23.9. The highest BCUT2D eigenvalue weighted by Gasteiger charge is 2.36. The van der Waals surface area contributed by atoms with Crippen LogP contribution in [-0.4, -0.2) is 26.0 Å². The van der Waals surface area contributed by atoms with Gasteiger partial charge in [0.05, 0.1) is 34.8 Å². The van der Waals surface area contributed by atoms with Gasteiger partial charge in [0, 0.05) is 6.42 Å². The number of benzene rings is 1. The quantitative estimate of drug-likeness (QED) is 0.889. The van der Waals surface area contributed by atoms with E-state index >= 15 is 0 Å². The van der Waals surface area contributed by atoms with Crippen molar-refractivity contribution in [2.45, 2.75) is 13.0 Å². The van der Waals surface area contributed by atoms with Crippen molar-refractivity contribution in [1.29, 1.82) is 0 Å². The zero-order valence-electron chi connectivity index (χ0n) is 12.4. The molecule has 1 aromatic carbocycles. The fraction of sp³-hybridized carbons (Fsp3) is 0.200. The molecule has 7 nitrogen and oxygen atoms in total. The Morgan fingerprint density at radius 2 is 2.12 bits per heavy atom. The van der Waals surface area contributed by atoms with Crippen LogP contribution in [0, 0.1) is 0 Å². The van der Waals surface area contributed by atoms with E-state index in [1.54, 1.807) is 12.1 Å². The van der Waals surface area contributed by atoms with E-state index in [-0.39, 0.29) is 35.0 Å². The molecule has 1 aromatic heterocycles. The van der Waals surface area contributed by atoms with Crippen LogP contribution < -0.4 is 9.62 Å². The standard InChI is InChI=1S/C15H13ClN2O5S/c16-13-8-10(18-14(19)5-7-24(18,21)22)3-4-12(13)15(20)17-9-11-2-1-6-23-11/h1-4,6,8H,5,7,9H2,(H,17,20). The second-order valence-electron chi connectivity index (χ2n) is 5.15. The van der Waals surface area contributed by atoms with Crippen LogP contribution in [0.1, 0.15) is 22.5 Å². The highest BCUT2D eigenvalue weighted by Crippen LogP contribution is 2.29. The number of halogens is 1. The number of sulfonamides is 1. The van der Waals surface area contributed by atoms with Crippen LogP contribution in [0.5, 0.6) is 0 Å². The van der Waals surface area contributed by atoms with Crippen molar-refractivity contribution < 1.29 is 22.4 Å². The molecule has 3 rings (SSSR count). The molecule has 0 radical (unpaired) electrons. The second-order valence-corrected chi connectivity index (χ2v) is 7.49. The minimum absolute atomic E-state index is 0.0549. The smallest absolute Gasteiger partial charge is 0.253 e. The Bertz CT molecular complexity index is 893. The van der Waals surface area contributed by atoms with Crippen LogP contribution in [0.2, 0.25) is 5.02 Å². The third-order valence-corrected chi connectivity index (χ3v) is 5.52. The normalized spacial score (nSPS) is 16.4. The lowest BCUT2D eigenvalue weighted by Gasteiger charge is -2.16. The van der Waals surface area contributed by atoms with Crippen LogP contribution in [-0.2, 0) is 21.4 Å². The Labute approximate surface area is 143 Å². The summed E-state index contributed by atoms with van der Waals surface area (Å²) >= 11 is 6.09. The van der Waals surface area contributed by atoms with Gasteiger partial charge in [-0.2, -0.15) is 0 Å². The van der Waals surface area contributed by atoms with Gasteiger partial charge in [0.15, 0.2) is 0 Å². The predicted molar refractivity (Wildman–Crippen MR) is 87.2 cm³/mol. The summed E-state index contributed by atoms with van der Waals surface area (Å²) in [6.07, 6.45) is 1.43. The van der Waals surface area contributed by atoms with Gasteiger partial charge >= 0.3 is 0 Å². The maximum atomic E-state index is 12.1. The van der Waals surface area contributed by atoms with E-state index in [9.17, 15) is 18.0 Å². The summed E-state index contributed by atoms with van der Waals surface area (Å²) < 4.78 is 29.7. The molecular formula is C15H13ClN2O5S. The molecule has 24 heavy (non-hydrogen) atoms. The van der Waals surface area contributed by atoms with Gasteiger partial charge in [0.25, 0.3) is 5.91 Å². The molecule has 0 atom stereocenters. The first kappa shape index (κ1) is 16.5. The summed E-state index contributed by atoms with van der Waals surface area (Å²) in [5.41, 5.74) is 0.307. The average Bonchev–Trinajstić information content (AvgIpc) is 3.13. The Balaban J connectivity index is 1.80. The van der Waals surface area contributed by atoms with Crippen molar-refractivity contribution in [3.8, 4) is 0 Å². The van der Waals surface area contributed by atoms with Crippen molar-refractivity contribution in [1.82, 2.24) is 5.32 Å². The molecule has 1 N–H and O–H groups in total. The van der Waals surface area contributed by atoms with Gasteiger partial charge in [-0.1, -0.05) is 11.6 Å². The first-order valence-electron chi connectivity index (χ1n) is 7.04.